The second kappa shape index (κ2) is 5.99. The zero-order chi connectivity index (χ0) is 16.5. The molecule has 120 valence electrons. The highest BCUT2D eigenvalue weighted by Crippen LogP contribution is 2.36. The monoisotopic (exact) mass is 338 g/mol. The molecule has 0 fully saturated rings. The van der Waals surface area contributed by atoms with Crippen molar-refractivity contribution in [3.63, 3.8) is 0 Å². The van der Waals surface area contributed by atoms with Gasteiger partial charge in [0, 0.05) is 12.1 Å². The van der Waals surface area contributed by atoms with E-state index >= 15 is 0 Å². The van der Waals surface area contributed by atoms with Gasteiger partial charge in [0.25, 0.3) is 0 Å². The molecule has 0 spiro atoms. The summed E-state index contributed by atoms with van der Waals surface area (Å²) in [4.78, 5) is 18.1. The molecule has 0 aliphatic rings. The fourth-order valence-electron chi connectivity index (χ4n) is 2.56. The molecule has 0 atom stereocenters. The smallest absolute Gasteiger partial charge is 0.154 e. The van der Waals surface area contributed by atoms with E-state index in [1.807, 2.05) is 34.9 Å². The summed E-state index contributed by atoms with van der Waals surface area (Å²) in [7, 11) is 0. The van der Waals surface area contributed by atoms with Crippen molar-refractivity contribution in [3.8, 4) is 22.0 Å². The number of fused-ring (bicyclic) bond motifs is 1. The maximum Gasteiger partial charge on any atom is 0.154 e. The maximum absolute atomic E-state index is 9.35. The van der Waals surface area contributed by atoms with Gasteiger partial charge in [-0.1, -0.05) is 41.7 Å². The molecule has 8 heteroatoms. The molecule has 7 nitrogen and oxygen atoms in total. The second-order valence-corrected chi connectivity index (χ2v) is 6.13. The van der Waals surface area contributed by atoms with E-state index in [2.05, 4.69) is 19.9 Å². The molecule has 0 aliphatic heterocycles. The van der Waals surface area contributed by atoms with Crippen LogP contribution in [0.2, 0.25) is 0 Å². The Morgan fingerprint density at radius 3 is 2.71 bits per heavy atom. The van der Waals surface area contributed by atoms with Gasteiger partial charge in [0.1, 0.15) is 27.4 Å². The van der Waals surface area contributed by atoms with Crippen LogP contribution in [0.25, 0.3) is 32.3 Å². The van der Waals surface area contributed by atoms with E-state index in [9.17, 15) is 5.11 Å². The Labute approximate surface area is 141 Å². The zero-order valence-electron chi connectivity index (χ0n) is 12.6. The number of thiazole rings is 1. The van der Waals surface area contributed by atoms with Gasteiger partial charge in [0.2, 0.25) is 0 Å². The predicted molar refractivity (Wildman–Crippen MR) is 93.4 cm³/mol. The fraction of sp³-hybridized carbons (Fsp3) is 0.125. The number of aromatic nitrogens is 5. The van der Waals surface area contributed by atoms with E-state index in [0.29, 0.717) is 17.9 Å². The molecule has 1 aromatic carbocycles. The molecule has 4 aromatic rings. The number of imidazole rings is 1. The maximum atomic E-state index is 9.35. The topological polar surface area (TPSA) is 103 Å². The van der Waals surface area contributed by atoms with Crippen molar-refractivity contribution in [3.05, 3.63) is 43.0 Å². The second-order valence-electron chi connectivity index (χ2n) is 5.16. The number of nitrogens with two attached hydrogens (primary N) is 1. The lowest BCUT2D eigenvalue weighted by atomic mass is 10.1. The van der Waals surface area contributed by atoms with Crippen LogP contribution in [0.5, 0.6) is 0 Å². The lowest BCUT2D eigenvalue weighted by Crippen LogP contribution is -2.02. The van der Waals surface area contributed by atoms with Crippen molar-refractivity contribution in [1.29, 1.82) is 0 Å². The summed E-state index contributed by atoms with van der Waals surface area (Å²) < 4.78 is 1.89. The van der Waals surface area contributed by atoms with Gasteiger partial charge < -0.3 is 15.4 Å². The number of benzene rings is 1. The van der Waals surface area contributed by atoms with Gasteiger partial charge in [-0.3, -0.25) is 0 Å². The van der Waals surface area contributed by atoms with Crippen molar-refractivity contribution in [2.75, 3.05) is 12.3 Å². The SMILES string of the molecule is Nc1ncnc2sc(-c3c(-c4ccccc4)ncn3CCO)nc12. The van der Waals surface area contributed by atoms with Crippen LogP contribution < -0.4 is 5.73 Å². The van der Waals surface area contributed by atoms with Crippen LogP contribution in [-0.4, -0.2) is 36.2 Å². The minimum Gasteiger partial charge on any atom is -0.395 e. The van der Waals surface area contributed by atoms with Gasteiger partial charge in [-0.25, -0.2) is 19.9 Å². The van der Waals surface area contributed by atoms with Crippen molar-refractivity contribution in [2.45, 2.75) is 6.54 Å². The zero-order valence-corrected chi connectivity index (χ0v) is 13.4. The van der Waals surface area contributed by atoms with Crippen LogP contribution in [0.1, 0.15) is 0 Å². The Bertz CT molecular complexity index is 994. The average molecular weight is 338 g/mol. The molecule has 3 N–H and O–H groups in total. The Kier molecular flexibility index (Phi) is 3.68. The van der Waals surface area contributed by atoms with Crippen LogP contribution in [0.4, 0.5) is 5.82 Å². The van der Waals surface area contributed by atoms with E-state index in [4.69, 9.17) is 5.73 Å². The Morgan fingerprint density at radius 1 is 1.12 bits per heavy atom. The molecule has 0 saturated carbocycles. The van der Waals surface area contributed by atoms with Crippen LogP contribution >= 0.6 is 11.3 Å². The van der Waals surface area contributed by atoms with Crippen molar-refractivity contribution in [2.24, 2.45) is 0 Å². The highest BCUT2D eigenvalue weighted by molar-refractivity contribution is 7.21. The lowest BCUT2D eigenvalue weighted by Gasteiger charge is -2.06. The standard InChI is InChI=1S/C16H14N6OS/c17-14-12-15(19-8-18-14)24-16(21-12)13-11(10-4-2-1-3-5-10)20-9-22(13)6-7-23/h1-5,8-9,23H,6-7H2,(H2,17,18,19). The summed E-state index contributed by atoms with van der Waals surface area (Å²) in [5.41, 5.74) is 9.14. The molecule has 0 radical (unpaired) electrons. The fourth-order valence-corrected chi connectivity index (χ4v) is 3.54. The lowest BCUT2D eigenvalue weighted by molar-refractivity contribution is 0.276. The van der Waals surface area contributed by atoms with Gasteiger partial charge in [-0.15, -0.1) is 0 Å². The van der Waals surface area contributed by atoms with Crippen molar-refractivity contribution < 1.29 is 5.11 Å². The van der Waals surface area contributed by atoms with E-state index in [1.54, 1.807) is 6.33 Å². The third kappa shape index (κ3) is 2.41. The molecular weight excluding hydrogens is 324 g/mol. The van der Waals surface area contributed by atoms with Crippen molar-refractivity contribution >= 4 is 27.5 Å². The summed E-state index contributed by atoms with van der Waals surface area (Å²) in [5.74, 6) is 0.358. The third-order valence-electron chi connectivity index (χ3n) is 3.65. The summed E-state index contributed by atoms with van der Waals surface area (Å²) in [6.45, 7) is 0.455. The largest absolute Gasteiger partial charge is 0.395 e. The summed E-state index contributed by atoms with van der Waals surface area (Å²) in [6, 6.07) is 9.88. The van der Waals surface area contributed by atoms with E-state index in [1.165, 1.54) is 17.7 Å². The molecule has 3 heterocycles. The highest BCUT2D eigenvalue weighted by atomic mass is 32.1. The van der Waals surface area contributed by atoms with Gasteiger partial charge in [0.05, 0.1) is 18.6 Å². The molecule has 0 saturated heterocycles. The number of nitrogens with zero attached hydrogens (tertiary/aromatic N) is 5. The van der Waals surface area contributed by atoms with E-state index in [0.717, 1.165) is 26.8 Å². The van der Waals surface area contributed by atoms with Crippen LogP contribution in [0, 0.1) is 0 Å². The first kappa shape index (κ1) is 14.7. The minimum atomic E-state index is 0.0183. The molecule has 3 aromatic heterocycles. The first-order valence-corrected chi connectivity index (χ1v) is 8.18. The number of nitrogen functional groups attached to an aromatic ring is 1. The molecule has 0 unspecified atom stereocenters. The molecule has 4 rings (SSSR count). The first-order valence-electron chi connectivity index (χ1n) is 7.36. The molecule has 24 heavy (non-hydrogen) atoms. The number of hydrogen-bond donors (Lipinski definition) is 2. The van der Waals surface area contributed by atoms with Crippen molar-refractivity contribution in [1.82, 2.24) is 24.5 Å². The van der Waals surface area contributed by atoms with Crippen LogP contribution in [0.3, 0.4) is 0 Å². The molecule has 0 amide bonds. The van der Waals surface area contributed by atoms with Crippen LogP contribution in [0.15, 0.2) is 43.0 Å². The average Bonchev–Trinajstić information content (AvgIpc) is 3.20. The number of anilines is 1. The highest BCUT2D eigenvalue weighted by Gasteiger charge is 2.19. The van der Waals surface area contributed by atoms with E-state index < -0.39 is 0 Å². The summed E-state index contributed by atoms with van der Waals surface area (Å²) in [5, 5.41) is 10.1. The number of aliphatic hydroxyl groups excluding tert-OH is 1. The summed E-state index contributed by atoms with van der Waals surface area (Å²) in [6.07, 6.45) is 3.15. The molecule has 0 aliphatic carbocycles. The molecular formula is C16H14N6OS. The third-order valence-corrected chi connectivity index (χ3v) is 4.62. The normalized spacial score (nSPS) is 11.2. The number of rotatable bonds is 4. The first-order chi connectivity index (χ1) is 11.8. The Balaban J connectivity index is 1.94. The molecule has 0 bridgehead atoms. The van der Waals surface area contributed by atoms with Gasteiger partial charge in [0.15, 0.2) is 5.82 Å². The minimum absolute atomic E-state index is 0.0183. The van der Waals surface area contributed by atoms with E-state index in [-0.39, 0.29) is 6.61 Å². The Morgan fingerprint density at radius 2 is 1.96 bits per heavy atom. The summed E-state index contributed by atoms with van der Waals surface area (Å²) >= 11 is 1.43. The predicted octanol–water partition coefficient (Wildman–Crippen LogP) is 2.19. The van der Waals surface area contributed by atoms with Crippen LogP contribution in [-0.2, 0) is 6.54 Å². The Hall–Kier alpha value is -2.84. The number of hydrogen-bond acceptors (Lipinski definition) is 7. The quantitative estimate of drug-likeness (QED) is 0.591. The van der Waals surface area contributed by atoms with Gasteiger partial charge in [-0.2, -0.15) is 0 Å². The van der Waals surface area contributed by atoms with Gasteiger partial charge >= 0.3 is 0 Å². The number of aliphatic hydroxyl groups is 1. The van der Waals surface area contributed by atoms with Gasteiger partial charge in [-0.05, 0) is 0 Å².